The number of amides is 1. The molecule has 0 saturated carbocycles. The van der Waals surface area contributed by atoms with Crippen molar-refractivity contribution >= 4 is 34.6 Å². The second-order valence-electron chi connectivity index (χ2n) is 9.65. The molecule has 1 N–H and O–H groups in total. The van der Waals surface area contributed by atoms with Gasteiger partial charge in [0.2, 0.25) is 5.91 Å². The fraction of sp³-hybridized carbons (Fsp3) is 0.500. The number of benzene rings is 2. The zero-order chi connectivity index (χ0) is 25.9. The molecule has 0 bridgehead atoms. The van der Waals surface area contributed by atoms with Gasteiger partial charge in [0.05, 0.1) is 42.9 Å². The fourth-order valence-corrected chi connectivity index (χ4v) is 5.81. The fourth-order valence-electron chi connectivity index (χ4n) is 5.65. The van der Waals surface area contributed by atoms with Gasteiger partial charge in [-0.1, -0.05) is 11.6 Å². The molecule has 3 heterocycles. The van der Waals surface area contributed by atoms with E-state index in [2.05, 4.69) is 20.0 Å². The molecule has 0 aliphatic carbocycles. The lowest BCUT2D eigenvalue weighted by Crippen LogP contribution is -2.61. The lowest BCUT2D eigenvalue weighted by atomic mass is 9.83. The molecule has 0 radical (unpaired) electrons. The Balaban J connectivity index is 1.39. The summed E-state index contributed by atoms with van der Waals surface area (Å²) in [7, 11) is 1.64. The lowest BCUT2D eigenvalue weighted by molar-refractivity contribution is -0.384. The monoisotopic (exact) mass is 529 g/mol. The molecule has 5 rings (SSSR count). The zero-order valence-corrected chi connectivity index (χ0v) is 21.7. The number of nitro benzene ring substituents is 1. The number of anilines is 2. The number of halogens is 1. The number of carbonyl (C=O) groups is 1. The van der Waals surface area contributed by atoms with Crippen molar-refractivity contribution < 1.29 is 19.2 Å². The maximum Gasteiger partial charge on any atom is 0.269 e. The highest BCUT2D eigenvalue weighted by molar-refractivity contribution is 6.31. The summed E-state index contributed by atoms with van der Waals surface area (Å²) in [5.41, 5.74) is 2.75. The van der Waals surface area contributed by atoms with Crippen molar-refractivity contribution in [2.45, 2.75) is 12.5 Å². The Hall–Kier alpha value is -3.08. The average Bonchev–Trinajstić information content (AvgIpc) is 2.92. The standard InChI is InChI=1S/C26H32ClN5O5/c1-36-25-5-2-19(27)16-23(25)30-8-9-31-22-4-3-20(32(34)35)14-18(22)15-21(24(31)17-30)26(33)28-6-7-29-10-12-37-13-11-29/h2-5,14,16,21,24H,6-13,15,17H2,1H3,(H,28,33)/t21-,24-/m1/s1. The summed E-state index contributed by atoms with van der Waals surface area (Å²) in [6, 6.07) is 10.4. The third-order valence-electron chi connectivity index (χ3n) is 7.56. The number of nitro groups is 1. The van der Waals surface area contributed by atoms with Gasteiger partial charge < -0.3 is 24.6 Å². The molecule has 2 saturated heterocycles. The summed E-state index contributed by atoms with van der Waals surface area (Å²) < 4.78 is 11.0. The van der Waals surface area contributed by atoms with E-state index >= 15 is 0 Å². The maximum absolute atomic E-state index is 13.6. The molecule has 2 atom stereocenters. The molecule has 0 aromatic heterocycles. The first-order valence-corrected chi connectivity index (χ1v) is 13.0. The molecule has 2 aromatic carbocycles. The van der Waals surface area contributed by atoms with Gasteiger partial charge in [0.1, 0.15) is 5.75 Å². The zero-order valence-electron chi connectivity index (χ0n) is 20.9. The van der Waals surface area contributed by atoms with Gasteiger partial charge in [0, 0.05) is 68.7 Å². The van der Waals surface area contributed by atoms with E-state index < -0.39 is 0 Å². The van der Waals surface area contributed by atoms with Crippen molar-refractivity contribution in [2.75, 3.05) is 75.9 Å². The Morgan fingerprint density at radius 2 is 1.97 bits per heavy atom. The van der Waals surface area contributed by atoms with Crippen molar-refractivity contribution in [2.24, 2.45) is 5.92 Å². The van der Waals surface area contributed by atoms with Gasteiger partial charge in [-0.25, -0.2) is 0 Å². The quantitative estimate of drug-likeness (QED) is 0.431. The Kier molecular flexibility index (Phi) is 7.68. The van der Waals surface area contributed by atoms with Crippen LogP contribution in [-0.2, 0) is 16.0 Å². The second-order valence-corrected chi connectivity index (χ2v) is 10.1. The second kappa shape index (κ2) is 11.1. The van der Waals surface area contributed by atoms with Gasteiger partial charge in [0.25, 0.3) is 5.69 Å². The van der Waals surface area contributed by atoms with Crippen molar-refractivity contribution in [3.8, 4) is 5.75 Å². The molecule has 198 valence electrons. The summed E-state index contributed by atoms with van der Waals surface area (Å²) in [6.07, 6.45) is 0.447. The lowest BCUT2D eigenvalue weighted by Gasteiger charge is -2.49. The number of nitrogens with zero attached hydrogens (tertiary/aromatic N) is 4. The van der Waals surface area contributed by atoms with Gasteiger partial charge >= 0.3 is 0 Å². The third kappa shape index (κ3) is 5.46. The van der Waals surface area contributed by atoms with E-state index in [9.17, 15) is 14.9 Å². The Bertz CT molecular complexity index is 1160. The third-order valence-corrected chi connectivity index (χ3v) is 7.79. The van der Waals surface area contributed by atoms with Crippen LogP contribution in [0.15, 0.2) is 36.4 Å². The van der Waals surface area contributed by atoms with Crippen molar-refractivity contribution in [1.82, 2.24) is 10.2 Å². The number of rotatable bonds is 7. The van der Waals surface area contributed by atoms with Crippen LogP contribution in [0.5, 0.6) is 5.75 Å². The van der Waals surface area contributed by atoms with Crippen LogP contribution >= 0.6 is 11.6 Å². The van der Waals surface area contributed by atoms with Crippen LogP contribution in [0.25, 0.3) is 0 Å². The number of carbonyl (C=O) groups excluding carboxylic acids is 1. The average molecular weight is 530 g/mol. The van der Waals surface area contributed by atoms with Crippen LogP contribution < -0.4 is 19.9 Å². The summed E-state index contributed by atoms with van der Waals surface area (Å²) in [6.45, 7) is 6.45. The minimum absolute atomic E-state index is 0.0275. The minimum Gasteiger partial charge on any atom is -0.495 e. The first-order chi connectivity index (χ1) is 17.9. The van der Waals surface area contributed by atoms with E-state index in [0.29, 0.717) is 50.8 Å². The number of nitrogens with one attached hydrogen (secondary N) is 1. The molecule has 37 heavy (non-hydrogen) atoms. The Morgan fingerprint density at radius 3 is 2.73 bits per heavy atom. The maximum atomic E-state index is 13.6. The van der Waals surface area contributed by atoms with Gasteiger partial charge in [-0.15, -0.1) is 0 Å². The topological polar surface area (TPSA) is 100 Å². The SMILES string of the molecule is COc1ccc(Cl)cc1N1CCN2c3ccc([N+](=O)[O-])cc3C[C@@H](C(=O)NCCN3CCOCC3)[C@H]2C1. The number of piperazine rings is 1. The van der Waals surface area contributed by atoms with Crippen LogP contribution in [0.3, 0.4) is 0 Å². The summed E-state index contributed by atoms with van der Waals surface area (Å²) >= 11 is 6.31. The summed E-state index contributed by atoms with van der Waals surface area (Å²) in [4.78, 5) is 31.4. The van der Waals surface area contributed by atoms with Crippen LogP contribution in [0.2, 0.25) is 5.02 Å². The normalized spacial score (nSPS) is 21.7. The van der Waals surface area contributed by atoms with Crippen molar-refractivity contribution in [1.29, 1.82) is 0 Å². The van der Waals surface area contributed by atoms with E-state index in [1.165, 1.54) is 0 Å². The van der Waals surface area contributed by atoms with Crippen LogP contribution in [0.4, 0.5) is 17.1 Å². The molecule has 10 nitrogen and oxygen atoms in total. The van der Waals surface area contributed by atoms with Gasteiger partial charge in [-0.3, -0.25) is 19.8 Å². The number of fused-ring (bicyclic) bond motifs is 3. The van der Waals surface area contributed by atoms with E-state index in [4.69, 9.17) is 21.1 Å². The van der Waals surface area contributed by atoms with Crippen LogP contribution in [0.1, 0.15) is 5.56 Å². The van der Waals surface area contributed by atoms with Crippen molar-refractivity contribution in [3.05, 3.63) is 57.1 Å². The smallest absolute Gasteiger partial charge is 0.269 e. The van der Waals surface area contributed by atoms with E-state index in [-0.39, 0.29) is 28.5 Å². The van der Waals surface area contributed by atoms with E-state index in [0.717, 1.165) is 42.3 Å². The number of methoxy groups -OCH3 is 1. The highest BCUT2D eigenvalue weighted by Crippen LogP contribution is 2.40. The molecular weight excluding hydrogens is 498 g/mol. The number of hydrogen-bond donors (Lipinski definition) is 1. The van der Waals surface area contributed by atoms with Gasteiger partial charge in [-0.05, 0) is 36.2 Å². The number of hydrogen-bond acceptors (Lipinski definition) is 8. The molecule has 2 aromatic rings. The van der Waals surface area contributed by atoms with Crippen LogP contribution in [-0.4, -0.2) is 87.9 Å². The molecule has 3 aliphatic rings. The number of morpholine rings is 1. The molecule has 0 unspecified atom stereocenters. The molecule has 0 spiro atoms. The first kappa shape index (κ1) is 25.6. The van der Waals surface area contributed by atoms with Crippen molar-refractivity contribution in [3.63, 3.8) is 0 Å². The Labute approximate surface area is 221 Å². The molecule has 1 amide bonds. The number of non-ortho nitro benzene ring substituents is 1. The largest absolute Gasteiger partial charge is 0.495 e. The molecule has 3 aliphatic heterocycles. The predicted molar refractivity (Wildman–Crippen MR) is 142 cm³/mol. The minimum atomic E-state index is -0.382. The van der Waals surface area contributed by atoms with Crippen LogP contribution in [0, 0.1) is 16.0 Å². The molecular formula is C26H32ClN5O5. The summed E-state index contributed by atoms with van der Waals surface area (Å²) in [5, 5.41) is 15.2. The first-order valence-electron chi connectivity index (χ1n) is 12.6. The Morgan fingerprint density at radius 1 is 1.16 bits per heavy atom. The van der Waals surface area contributed by atoms with E-state index in [1.54, 1.807) is 25.3 Å². The van der Waals surface area contributed by atoms with Gasteiger partial charge in [0.15, 0.2) is 0 Å². The highest BCUT2D eigenvalue weighted by Gasteiger charge is 2.42. The number of ether oxygens (including phenoxy) is 2. The van der Waals surface area contributed by atoms with Gasteiger partial charge in [-0.2, -0.15) is 0 Å². The highest BCUT2D eigenvalue weighted by atomic mass is 35.5. The molecule has 2 fully saturated rings. The molecule has 11 heteroatoms. The van der Waals surface area contributed by atoms with E-state index in [1.807, 2.05) is 18.2 Å². The predicted octanol–water partition coefficient (Wildman–Crippen LogP) is 2.57. The summed E-state index contributed by atoms with van der Waals surface area (Å²) in [5.74, 6) is 0.351.